The third-order valence-corrected chi connectivity index (χ3v) is 17.4. The van der Waals surface area contributed by atoms with Crippen LogP contribution in [0, 0.1) is 0 Å². The van der Waals surface area contributed by atoms with Crippen molar-refractivity contribution in [1.82, 2.24) is 5.32 Å². The van der Waals surface area contributed by atoms with Gasteiger partial charge in [0.2, 0.25) is 5.91 Å². The van der Waals surface area contributed by atoms with Crippen molar-refractivity contribution in [3.63, 3.8) is 0 Å². The van der Waals surface area contributed by atoms with Gasteiger partial charge in [-0.05, 0) is 70.6 Å². The van der Waals surface area contributed by atoms with Crippen molar-refractivity contribution in [3.05, 3.63) is 72.9 Å². The Morgan fingerprint density at radius 3 is 1.23 bits per heavy atom. The van der Waals surface area contributed by atoms with Gasteiger partial charge in [0.15, 0.2) is 12.4 Å². The van der Waals surface area contributed by atoms with Crippen molar-refractivity contribution in [2.24, 2.45) is 0 Å². The van der Waals surface area contributed by atoms with E-state index in [1.54, 1.807) is 6.08 Å². The Balaban J connectivity index is 2.54. The van der Waals surface area contributed by atoms with E-state index >= 15 is 0 Å². The van der Waals surface area contributed by atoms with E-state index in [4.69, 9.17) is 14.2 Å². The molecular weight excluding hydrogens is 1100 g/mol. The van der Waals surface area contributed by atoms with Crippen molar-refractivity contribution < 1.29 is 49.3 Å². The minimum absolute atomic E-state index is 0.115. The van der Waals surface area contributed by atoms with Crippen LogP contribution < -0.4 is 5.32 Å². The van der Waals surface area contributed by atoms with E-state index in [9.17, 15) is 35.1 Å². The molecule has 0 saturated carbocycles. The van der Waals surface area contributed by atoms with Crippen molar-refractivity contribution in [2.45, 2.75) is 391 Å². The van der Waals surface area contributed by atoms with Crippen LogP contribution in [0.5, 0.6) is 0 Å². The molecule has 1 aliphatic heterocycles. The van der Waals surface area contributed by atoms with Gasteiger partial charge in [0.25, 0.3) is 0 Å². The molecule has 0 radical (unpaired) electrons. The molecule has 0 aromatic rings. The molecule has 1 rings (SSSR count). The second kappa shape index (κ2) is 64.2. The fraction of sp³-hybridized carbons (Fsp3) is 0.818. The van der Waals surface area contributed by atoms with Crippen LogP contribution in [0.3, 0.4) is 0 Å². The van der Waals surface area contributed by atoms with Crippen molar-refractivity contribution in [1.29, 1.82) is 0 Å². The fourth-order valence-corrected chi connectivity index (χ4v) is 11.6. The Hall–Kier alpha value is -2.90. The molecule has 11 heteroatoms. The smallest absolute Gasteiger partial charge is 0.306 e. The fourth-order valence-electron chi connectivity index (χ4n) is 11.6. The third-order valence-electron chi connectivity index (χ3n) is 17.4. The molecule has 8 atom stereocenters. The first-order chi connectivity index (χ1) is 43.2. The van der Waals surface area contributed by atoms with Crippen LogP contribution in [0.25, 0.3) is 0 Å². The van der Waals surface area contributed by atoms with E-state index in [-0.39, 0.29) is 13.0 Å². The summed E-state index contributed by atoms with van der Waals surface area (Å²) in [4.78, 5) is 26.7. The minimum atomic E-state index is -1.62. The van der Waals surface area contributed by atoms with E-state index in [2.05, 4.69) is 86.8 Å². The van der Waals surface area contributed by atoms with E-state index in [1.165, 1.54) is 193 Å². The zero-order valence-corrected chi connectivity index (χ0v) is 57.1. The summed E-state index contributed by atoms with van der Waals surface area (Å²) in [6.07, 6.45) is 73.7. The predicted molar refractivity (Wildman–Crippen MR) is 370 cm³/mol. The maximum absolute atomic E-state index is 13.5. The molecule has 8 unspecified atom stereocenters. The average molecular weight is 1240 g/mol. The molecule has 11 nitrogen and oxygen atoms in total. The van der Waals surface area contributed by atoms with Gasteiger partial charge in [-0.2, -0.15) is 0 Å². The number of nitrogens with one attached hydrogen (secondary N) is 1. The highest BCUT2D eigenvalue weighted by atomic mass is 16.7. The van der Waals surface area contributed by atoms with Gasteiger partial charge in [-0.15, -0.1) is 0 Å². The Morgan fingerprint density at radius 2 is 0.818 bits per heavy atom. The Bertz CT molecular complexity index is 1710. The van der Waals surface area contributed by atoms with Gasteiger partial charge in [-0.25, -0.2) is 0 Å². The lowest BCUT2D eigenvalue weighted by Gasteiger charge is -2.41. The molecule has 88 heavy (non-hydrogen) atoms. The second-order valence-corrected chi connectivity index (χ2v) is 25.7. The Labute approximate surface area is 541 Å². The molecular formula is C77H139NO10. The van der Waals surface area contributed by atoms with Crippen LogP contribution in [-0.4, -0.2) is 99.6 Å². The summed E-state index contributed by atoms with van der Waals surface area (Å²) in [6, 6.07) is -1.03. The van der Waals surface area contributed by atoms with Crippen LogP contribution in [0.4, 0.5) is 0 Å². The highest BCUT2D eigenvalue weighted by molar-refractivity contribution is 5.80. The normalized spacial score (nSPS) is 18.6. The summed E-state index contributed by atoms with van der Waals surface area (Å²) < 4.78 is 17.7. The molecule has 6 N–H and O–H groups in total. The maximum atomic E-state index is 13.5. The largest absolute Gasteiger partial charge is 0.454 e. The molecule has 512 valence electrons. The lowest BCUT2D eigenvalue weighted by atomic mass is 9.99. The van der Waals surface area contributed by atoms with E-state index in [1.807, 2.05) is 6.08 Å². The number of hydrogen-bond donors (Lipinski definition) is 6. The molecule has 1 aliphatic rings. The van der Waals surface area contributed by atoms with Gasteiger partial charge in [-0.1, -0.05) is 338 Å². The molecule has 1 fully saturated rings. The van der Waals surface area contributed by atoms with Gasteiger partial charge < -0.3 is 45.1 Å². The summed E-state index contributed by atoms with van der Waals surface area (Å²) >= 11 is 0. The van der Waals surface area contributed by atoms with E-state index in [0.717, 1.165) is 103 Å². The first kappa shape index (κ1) is 83.1. The lowest BCUT2D eigenvalue weighted by molar-refractivity contribution is -0.305. The first-order valence-electron chi connectivity index (χ1n) is 37.2. The summed E-state index contributed by atoms with van der Waals surface area (Å²) in [5.41, 5.74) is 0. The molecule has 0 aromatic heterocycles. The highest BCUT2D eigenvalue weighted by Gasteiger charge is 2.47. The maximum Gasteiger partial charge on any atom is 0.306 e. The van der Waals surface area contributed by atoms with Crippen molar-refractivity contribution in [3.8, 4) is 0 Å². The summed E-state index contributed by atoms with van der Waals surface area (Å²) in [5, 5.41) is 57.3. The molecule has 0 aliphatic carbocycles. The summed E-state index contributed by atoms with van der Waals surface area (Å²) in [5.74, 6) is -1.19. The van der Waals surface area contributed by atoms with Gasteiger partial charge in [0.1, 0.15) is 24.4 Å². The van der Waals surface area contributed by atoms with Crippen LogP contribution in [-0.2, 0) is 23.8 Å². The Kier molecular flexibility index (Phi) is 60.6. The topological polar surface area (TPSA) is 175 Å². The number of carbonyl (C=O) groups excluding carboxylic acids is 2. The summed E-state index contributed by atoms with van der Waals surface area (Å²) in [7, 11) is 0. The highest BCUT2D eigenvalue weighted by Crippen LogP contribution is 2.26. The number of carbonyl (C=O) groups is 2. The minimum Gasteiger partial charge on any atom is -0.454 e. The number of ether oxygens (including phenoxy) is 3. The summed E-state index contributed by atoms with van der Waals surface area (Å²) in [6.45, 7) is 5.72. The quantitative estimate of drug-likeness (QED) is 0.0195. The number of unbranched alkanes of at least 4 members (excludes halogenated alkanes) is 40. The number of aliphatic hydroxyl groups is 5. The van der Waals surface area contributed by atoms with Crippen molar-refractivity contribution >= 4 is 11.9 Å². The van der Waals surface area contributed by atoms with Crippen molar-refractivity contribution in [2.75, 3.05) is 13.2 Å². The predicted octanol–water partition coefficient (Wildman–Crippen LogP) is 19.5. The van der Waals surface area contributed by atoms with Crippen LogP contribution in [0.2, 0.25) is 0 Å². The monoisotopic (exact) mass is 1240 g/mol. The zero-order valence-electron chi connectivity index (χ0n) is 57.1. The number of aliphatic hydroxyl groups excluding tert-OH is 5. The van der Waals surface area contributed by atoms with E-state index < -0.39 is 67.4 Å². The molecule has 1 heterocycles. The number of hydrogen-bond acceptors (Lipinski definition) is 10. The number of esters is 1. The number of rotatable bonds is 64. The molecule has 0 aromatic carbocycles. The second-order valence-electron chi connectivity index (χ2n) is 25.7. The van der Waals surface area contributed by atoms with Crippen LogP contribution >= 0.6 is 0 Å². The first-order valence-corrected chi connectivity index (χ1v) is 37.2. The number of amides is 1. The zero-order chi connectivity index (χ0) is 63.9. The molecule has 1 amide bonds. The average Bonchev–Trinajstić information content (AvgIpc) is 2.54. The SMILES string of the molecule is CC/C=C\C/C=C\C/C=C\C/C=C\C/C=C\CCCCCCCCCCCC(=O)OC1C(OCC(NC(=O)C(O)CCCCCCCCCCCCCCCCCCCCCCCC)C(O)/C=C/CCCCCCCCCCCC)OC(CO)C(O)C1O. The van der Waals surface area contributed by atoms with Gasteiger partial charge in [-0.3, -0.25) is 9.59 Å². The Morgan fingerprint density at radius 1 is 0.455 bits per heavy atom. The lowest BCUT2D eigenvalue weighted by Crippen LogP contribution is -2.61. The molecule has 0 spiro atoms. The molecule has 0 bridgehead atoms. The van der Waals surface area contributed by atoms with Gasteiger partial charge >= 0.3 is 5.97 Å². The van der Waals surface area contributed by atoms with Crippen LogP contribution in [0.15, 0.2) is 72.9 Å². The van der Waals surface area contributed by atoms with Crippen LogP contribution in [0.1, 0.15) is 342 Å². The standard InChI is InChI=1S/C77H139NO10/c1-4-7-10-13-16-19-22-25-27-29-31-33-35-36-37-39-41-43-45-47-50-53-56-59-62-65-72(82)88-75-74(84)73(83)71(66-79)87-77(75)86-67-68(69(80)63-60-57-54-51-48-24-21-18-15-12-9-6-3)78-76(85)70(81)64-61-58-55-52-49-46-44-42-40-38-34-32-30-28-26-23-20-17-14-11-8-5-2/h7,10,16,19,25,27,31,33,36-37,60,63,68-71,73-75,77,79-81,83-84H,4-6,8-9,11-15,17-18,20-24,26,28-30,32,34-35,38-59,61-62,64-67H2,1-3H3,(H,78,85)/b10-7-,19-16-,27-25-,33-31-,37-36-,63-60+. The molecule has 1 saturated heterocycles. The van der Waals surface area contributed by atoms with E-state index in [0.29, 0.717) is 19.3 Å². The number of allylic oxidation sites excluding steroid dienone is 11. The third kappa shape index (κ3) is 50.7. The van der Waals surface area contributed by atoms with Gasteiger partial charge in [0, 0.05) is 6.42 Å². The van der Waals surface area contributed by atoms with Gasteiger partial charge in [0.05, 0.1) is 25.4 Å².